The number of aliphatic hydroxyl groups excluding tert-OH is 1. The van der Waals surface area contributed by atoms with Gasteiger partial charge in [-0.15, -0.1) is 0 Å². The van der Waals surface area contributed by atoms with Crippen LogP contribution in [0, 0.1) is 0 Å². The molecule has 0 aliphatic carbocycles. The van der Waals surface area contributed by atoms with Crippen LogP contribution < -0.4 is 0 Å². The Hall–Kier alpha value is -1.09. The quantitative estimate of drug-likeness (QED) is 0.379. The van der Waals surface area contributed by atoms with Crippen molar-refractivity contribution < 1.29 is 24.2 Å². The fourth-order valence-corrected chi connectivity index (χ4v) is 2.36. The van der Waals surface area contributed by atoms with Crippen LogP contribution in [0.25, 0.3) is 11.2 Å². The Morgan fingerprint density at radius 1 is 1.38 bits per heavy atom. The number of fused-ring (bicyclic) bond motifs is 1. The molecule has 0 spiro atoms. The highest BCUT2D eigenvalue weighted by atomic mass is 35.5. The largest absolute Gasteiger partial charge is 0.394 e. The maximum Gasteiger partial charge on any atom is 0.350 e. The van der Waals surface area contributed by atoms with E-state index < -0.39 is 20.0 Å². The van der Waals surface area contributed by atoms with Crippen LogP contribution in [-0.4, -0.2) is 54.0 Å². The normalized spacial score (nSPS) is 13.7. The van der Waals surface area contributed by atoms with Crippen LogP contribution in [0.4, 0.5) is 0 Å². The molecule has 1 unspecified atom stereocenters. The summed E-state index contributed by atoms with van der Waals surface area (Å²) in [6, 6.07) is -0.391. The summed E-state index contributed by atoms with van der Waals surface area (Å²) in [6.45, 7) is -0.124. The molecule has 0 aromatic carbocycles. The van der Waals surface area contributed by atoms with Gasteiger partial charge < -0.3 is 24.2 Å². The third-order valence-corrected chi connectivity index (χ3v) is 3.57. The van der Waals surface area contributed by atoms with Crippen LogP contribution in [0.5, 0.6) is 0 Å². The molecule has 0 aliphatic rings. The van der Waals surface area contributed by atoms with Crippen molar-refractivity contribution in [2.45, 2.75) is 12.5 Å². The minimum absolute atomic E-state index is 0.0782. The standard InChI is InChI=1S/C10H14ClN4O5P/c11-9-8-10(13-4-12-9)15(5-14-8)7(3-16)1-2-20-6-21(17,18)19/h4-5,7,16H,1-3,6H2,(H2,17,18,19). The Labute approximate surface area is 124 Å². The fraction of sp³-hybridized carbons (Fsp3) is 0.500. The number of ether oxygens (including phenoxy) is 1. The van der Waals surface area contributed by atoms with Gasteiger partial charge in [0.2, 0.25) is 0 Å². The van der Waals surface area contributed by atoms with E-state index in [2.05, 4.69) is 15.0 Å². The molecule has 1 atom stereocenters. The number of imidazole rings is 1. The van der Waals surface area contributed by atoms with Crippen molar-refractivity contribution in [1.82, 2.24) is 19.5 Å². The zero-order valence-corrected chi connectivity index (χ0v) is 12.5. The van der Waals surface area contributed by atoms with E-state index in [0.717, 1.165) is 0 Å². The summed E-state index contributed by atoms with van der Waals surface area (Å²) in [6.07, 6.45) is 2.46. The van der Waals surface area contributed by atoms with Gasteiger partial charge in [-0.25, -0.2) is 15.0 Å². The third kappa shape index (κ3) is 4.19. The van der Waals surface area contributed by atoms with Gasteiger partial charge in [-0.2, -0.15) is 0 Å². The second kappa shape index (κ2) is 6.78. The Morgan fingerprint density at radius 3 is 2.81 bits per heavy atom. The molecule has 0 amide bonds. The molecule has 11 heteroatoms. The lowest BCUT2D eigenvalue weighted by Crippen LogP contribution is -2.15. The maximum absolute atomic E-state index is 10.7. The summed E-state index contributed by atoms with van der Waals surface area (Å²) in [4.78, 5) is 29.3. The highest BCUT2D eigenvalue weighted by Crippen LogP contribution is 2.34. The van der Waals surface area contributed by atoms with Crippen molar-refractivity contribution in [3.8, 4) is 0 Å². The predicted octanol–water partition coefficient (Wildman–Crippen LogP) is 0.555. The van der Waals surface area contributed by atoms with Crippen LogP contribution in [-0.2, 0) is 9.30 Å². The van der Waals surface area contributed by atoms with Crippen LogP contribution in [0.3, 0.4) is 0 Å². The van der Waals surface area contributed by atoms with E-state index in [1.165, 1.54) is 12.7 Å². The van der Waals surface area contributed by atoms with E-state index in [4.69, 9.17) is 26.1 Å². The minimum atomic E-state index is -4.18. The highest BCUT2D eigenvalue weighted by molar-refractivity contribution is 7.51. The first-order valence-electron chi connectivity index (χ1n) is 5.98. The highest BCUT2D eigenvalue weighted by Gasteiger charge is 2.17. The van der Waals surface area contributed by atoms with Gasteiger partial charge >= 0.3 is 7.60 Å². The first-order chi connectivity index (χ1) is 9.92. The molecule has 2 rings (SSSR count). The summed E-state index contributed by atoms with van der Waals surface area (Å²) in [5.41, 5.74) is 0.901. The van der Waals surface area contributed by atoms with Crippen LogP contribution >= 0.6 is 19.2 Å². The number of halogens is 1. The van der Waals surface area contributed by atoms with Crippen molar-refractivity contribution in [1.29, 1.82) is 0 Å². The average Bonchev–Trinajstić information content (AvgIpc) is 2.83. The SMILES string of the molecule is O=P(O)(O)COCCC(CO)n1cnc2c(Cl)ncnc21. The number of nitrogens with zero attached hydrogens (tertiary/aromatic N) is 4. The van der Waals surface area contributed by atoms with Gasteiger partial charge in [-0.3, -0.25) is 4.57 Å². The Morgan fingerprint density at radius 2 is 2.14 bits per heavy atom. The van der Waals surface area contributed by atoms with Gasteiger partial charge in [-0.05, 0) is 6.42 Å². The molecule has 0 saturated heterocycles. The molecular formula is C10H14ClN4O5P. The zero-order valence-electron chi connectivity index (χ0n) is 10.8. The number of hydrogen-bond donors (Lipinski definition) is 3. The number of rotatable bonds is 7. The summed E-state index contributed by atoms with van der Waals surface area (Å²) < 4.78 is 17.2. The predicted molar refractivity (Wildman–Crippen MR) is 73.9 cm³/mol. The Bertz CT molecular complexity index is 660. The van der Waals surface area contributed by atoms with Crippen LogP contribution in [0.2, 0.25) is 5.15 Å². The molecule has 116 valence electrons. The van der Waals surface area contributed by atoms with Gasteiger partial charge in [0.1, 0.15) is 18.2 Å². The summed E-state index contributed by atoms with van der Waals surface area (Å²) in [7, 11) is -4.18. The molecule has 2 heterocycles. The van der Waals surface area contributed by atoms with Crippen molar-refractivity contribution in [3.63, 3.8) is 0 Å². The lowest BCUT2D eigenvalue weighted by Gasteiger charge is -2.16. The van der Waals surface area contributed by atoms with Gasteiger partial charge in [0, 0.05) is 6.61 Å². The molecule has 3 N–H and O–H groups in total. The number of hydrogen-bond acceptors (Lipinski definition) is 6. The molecule has 0 fully saturated rings. The second-order valence-electron chi connectivity index (χ2n) is 4.32. The first-order valence-corrected chi connectivity index (χ1v) is 8.16. The summed E-state index contributed by atoms with van der Waals surface area (Å²) >= 11 is 5.89. The lowest BCUT2D eigenvalue weighted by molar-refractivity contribution is 0.127. The van der Waals surface area contributed by atoms with Gasteiger partial charge in [-0.1, -0.05) is 11.6 Å². The third-order valence-electron chi connectivity index (χ3n) is 2.77. The molecular weight excluding hydrogens is 323 g/mol. The smallest absolute Gasteiger partial charge is 0.350 e. The molecule has 0 bridgehead atoms. The van der Waals surface area contributed by atoms with Crippen molar-refractivity contribution in [3.05, 3.63) is 17.8 Å². The molecule has 21 heavy (non-hydrogen) atoms. The van der Waals surface area contributed by atoms with Crippen molar-refractivity contribution in [2.24, 2.45) is 0 Å². The summed E-state index contributed by atoms with van der Waals surface area (Å²) in [5.74, 6) is 0. The molecule has 9 nitrogen and oxygen atoms in total. The van der Waals surface area contributed by atoms with E-state index in [1.54, 1.807) is 4.57 Å². The molecule has 0 saturated carbocycles. The van der Waals surface area contributed by atoms with E-state index in [-0.39, 0.29) is 18.4 Å². The average molecular weight is 337 g/mol. The lowest BCUT2D eigenvalue weighted by atomic mass is 10.2. The number of aliphatic hydroxyl groups is 1. The molecule has 0 radical (unpaired) electrons. The topological polar surface area (TPSA) is 131 Å². The monoisotopic (exact) mass is 336 g/mol. The maximum atomic E-state index is 10.7. The van der Waals surface area contributed by atoms with Gasteiger partial charge in [0.15, 0.2) is 10.8 Å². The van der Waals surface area contributed by atoms with Gasteiger partial charge in [0.25, 0.3) is 0 Å². The fourth-order valence-electron chi connectivity index (χ4n) is 1.81. The Balaban J connectivity index is 2.06. The van der Waals surface area contributed by atoms with Crippen molar-refractivity contribution in [2.75, 3.05) is 19.6 Å². The van der Waals surface area contributed by atoms with E-state index in [0.29, 0.717) is 17.6 Å². The first kappa shape index (κ1) is 16.3. The molecule has 0 aliphatic heterocycles. The van der Waals surface area contributed by atoms with Crippen molar-refractivity contribution >= 4 is 30.4 Å². The number of aromatic nitrogens is 4. The van der Waals surface area contributed by atoms with Crippen LogP contribution in [0.1, 0.15) is 12.5 Å². The summed E-state index contributed by atoms with van der Waals surface area (Å²) in [5, 5.41) is 9.67. The molecule has 2 aromatic rings. The van der Waals surface area contributed by atoms with E-state index >= 15 is 0 Å². The van der Waals surface area contributed by atoms with E-state index in [9.17, 15) is 9.67 Å². The Kier molecular flexibility index (Phi) is 5.26. The van der Waals surface area contributed by atoms with E-state index in [1.807, 2.05) is 0 Å². The zero-order chi connectivity index (χ0) is 15.5. The second-order valence-corrected chi connectivity index (χ2v) is 6.26. The van der Waals surface area contributed by atoms with Gasteiger partial charge in [0.05, 0.1) is 19.0 Å². The molecule has 2 aromatic heterocycles. The van der Waals surface area contributed by atoms with Crippen LogP contribution in [0.15, 0.2) is 12.7 Å². The minimum Gasteiger partial charge on any atom is -0.394 e.